The molecule has 0 spiro atoms. The summed E-state index contributed by atoms with van der Waals surface area (Å²) in [5.74, 6) is -1.58. The van der Waals surface area contributed by atoms with E-state index in [2.05, 4.69) is 0 Å². The van der Waals surface area contributed by atoms with Crippen molar-refractivity contribution in [3.63, 3.8) is 0 Å². The van der Waals surface area contributed by atoms with Gasteiger partial charge in [-0.1, -0.05) is 53.8 Å². The number of carboxylic acids is 1. The zero-order chi connectivity index (χ0) is 20.3. The number of thiocarbonyl (C=S) groups is 1. The molecule has 0 bridgehead atoms. The van der Waals surface area contributed by atoms with Gasteiger partial charge in [-0.25, -0.2) is 4.39 Å². The largest absolute Gasteiger partial charge is 0.489 e. The fraction of sp³-hybridized carbons (Fsp3) is 0.105. The summed E-state index contributed by atoms with van der Waals surface area (Å²) in [6, 6.07) is 11.3. The summed E-state index contributed by atoms with van der Waals surface area (Å²) in [6.07, 6.45) is 1.60. The molecule has 1 N–H and O–H groups in total. The number of carbonyl (C=O) groups excluding carboxylic acids is 1. The molecule has 1 amide bonds. The van der Waals surface area contributed by atoms with Crippen molar-refractivity contribution in [2.45, 2.75) is 6.61 Å². The highest BCUT2D eigenvalue weighted by Gasteiger charge is 2.33. The number of carboxylic acid groups (broad SMARTS) is 1. The number of aliphatic carboxylic acids is 1. The summed E-state index contributed by atoms with van der Waals surface area (Å²) >= 11 is 12.1. The third-order valence-electron chi connectivity index (χ3n) is 3.77. The van der Waals surface area contributed by atoms with Crippen LogP contribution in [0.15, 0.2) is 47.4 Å². The molecule has 1 heterocycles. The van der Waals surface area contributed by atoms with Gasteiger partial charge >= 0.3 is 5.97 Å². The van der Waals surface area contributed by atoms with Gasteiger partial charge in [0.05, 0.1) is 9.93 Å². The molecule has 0 aliphatic carbocycles. The Morgan fingerprint density at radius 2 is 2.07 bits per heavy atom. The van der Waals surface area contributed by atoms with Crippen molar-refractivity contribution in [2.75, 3.05) is 6.54 Å². The zero-order valence-electron chi connectivity index (χ0n) is 14.2. The maximum Gasteiger partial charge on any atom is 0.323 e. The second kappa shape index (κ2) is 8.72. The molecule has 0 radical (unpaired) electrons. The SMILES string of the molecule is O=C(O)CN1C(=O)/C(=C/c2cccc(OCc3c(F)cccc3Cl)c2)SC1=S. The Labute approximate surface area is 174 Å². The Morgan fingerprint density at radius 1 is 1.32 bits per heavy atom. The highest BCUT2D eigenvalue weighted by Crippen LogP contribution is 2.33. The Bertz CT molecular complexity index is 975. The van der Waals surface area contributed by atoms with E-state index >= 15 is 0 Å². The number of benzene rings is 2. The summed E-state index contributed by atoms with van der Waals surface area (Å²) in [5, 5.41) is 9.16. The van der Waals surface area contributed by atoms with Gasteiger partial charge in [-0.3, -0.25) is 14.5 Å². The highest BCUT2D eigenvalue weighted by molar-refractivity contribution is 8.26. The maximum absolute atomic E-state index is 13.8. The van der Waals surface area contributed by atoms with E-state index in [1.807, 2.05) is 0 Å². The standard InChI is InChI=1S/C19H13ClFNO4S2/c20-14-5-2-6-15(21)13(14)10-26-12-4-1-3-11(7-12)8-16-18(25)22(9-17(23)24)19(27)28-16/h1-8H,9-10H2,(H,23,24)/b16-8-. The van der Waals surface area contributed by atoms with Crippen molar-refractivity contribution >= 4 is 57.9 Å². The number of ether oxygens (including phenoxy) is 1. The van der Waals surface area contributed by atoms with Crippen LogP contribution in [0.5, 0.6) is 5.75 Å². The quantitative estimate of drug-likeness (QED) is 0.535. The van der Waals surface area contributed by atoms with Crippen LogP contribution in [0.1, 0.15) is 11.1 Å². The first-order valence-electron chi connectivity index (χ1n) is 7.98. The molecule has 1 saturated heterocycles. The first-order chi connectivity index (χ1) is 13.3. The number of halogens is 2. The molecule has 0 aromatic heterocycles. The van der Waals surface area contributed by atoms with Crippen LogP contribution in [0.2, 0.25) is 5.02 Å². The van der Waals surface area contributed by atoms with E-state index in [0.717, 1.165) is 16.7 Å². The number of thioether (sulfide) groups is 1. The first-order valence-corrected chi connectivity index (χ1v) is 9.58. The van der Waals surface area contributed by atoms with Crippen LogP contribution in [0.4, 0.5) is 4.39 Å². The Hall–Kier alpha value is -2.42. The van der Waals surface area contributed by atoms with Crippen LogP contribution >= 0.6 is 35.6 Å². The van der Waals surface area contributed by atoms with Crippen molar-refractivity contribution in [1.82, 2.24) is 4.90 Å². The number of nitrogens with zero attached hydrogens (tertiary/aromatic N) is 1. The van der Waals surface area contributed by atoms with Crippen molar-refractivity contribution in [3.05, 3.63) is 69.3 Å². The van der Waals surface area contributed by atoms with Gasteiger partial charge in [-0.2, -0.15) is 0 Å². The smallest absolute Gasteiger partial charge is 0.323 e. The average molecular weight is 438 g/mol. The van der Waals surface area contributed by atoms with Crippen molar-refractivity contribution in [2.24, 2.45) is 0 Å². The number of rotatable bonds is 6. The lowest BCUT2D eigenvalue weighted by Gasteiger charge is -2.10. The lowest BCUT2D eigenvalue weighted by molar-refractivity contribution is -0.140. The molecule has 1 aliphatic rings. The Balaban J connectivity index is 1.75. The minimum Gasteiger partial charge on any atom is -0.489 e. The van der Waals surface area contributed by atoms with Crippen LogP contribution < -0.4 is 4.74 Å². The molecule has 1 aliphatic heterocycles. The fourth-order valence-electron chi connectivity index (χ4n) is 2.44. The number of amides is 1. The number of hydrogen-bond donors (Lipinski definition) is 1. The fourth-order valence-corrected chi connectivity index (χ4v) is 3.92. The molecule has 5 nitrogen and oxygen atoms in total. The maximum atomic E-state index is 13.8. The normalized spacial score (nSPS) is 15.4. The predicted octanol–water partition coefficient (Wildman–Crippen LogP) is 4.34. The second-order valence-corrected chi connectivity index (χ2v) is 7.81. The predicted molar refractivity (Wildman–Crippen MR) is 110 cm³/mol. The monoisotopic (exact) mass is 437 g/mol. The van der Waals surface area contributed by atoms with E-state index in [0.29, 0.717) is 16.2 Å². The highest BCUT2D eigenvalue weighted by atomic mass is 35.5. The van der Waals surface area contributed by atoms with Gasteiger partial charge in [-0.05, 0) is 35.9 Å². The zero-order valence-corrected chi connectivity index (χ0v) is 16.6. The molecule has 28 heavy (non-hydrogen) atoms. The van der Waals surface area contributed by atoms with Gasteiger partial charge < -0.3 is 9.84 Å². The van der Waals surface area contributed by atoms with E-state index in [-0.39, 0.29) is 21.5 Å². The topological polar surface area (TPSA) is 66.8 Å². The molecular weight excluding hydrogens is 425 g/mol. The van der Waals surface area contributed by atoms with E-state index in [4.69, 9.17) is 33.7 Å². The second-order valence-electron chi connectivity index (χ2n) is 5.72. The van der Waals surface area contributed by atoms with Crippen molar-refractivity contribution < 1.29 is 23.8 Å². The van der Waals surface area contributed by atoms with Gasteiger partial charge in [0.2, 0.25) is 0 Å². The van der Waals surface area contributed by atoms with Gasteiger partial charge in [-0.15, -0.1) is 0 Å². The lowest BCUT2D eigenvalue weighted by atomic mass is 10.2. The third-order valence-corrected chi connectivity index (χ3v) is 5.50. The van der Waals surface area contributed by atoms with E-state index in [9.17, 15) is 14.0 Å². The van der Waals surface area contributed by atoms with Crippen LogP contribution in [0.3, 0.4) is 0 Å². The summed E-state index contributed by atoms with van der Waals surface area (Å²) in [4.78, 5) is 24.5. The number of hydrogen-bond acceptors (Lipinski definition) is 5. The van der Waals surface area contributed by atoms with E-state index in [1.165, 1.54) is 12.1 Å². The van der Waals surface area contributed by atoms with Crippen LogP contribution in [-0.4, -0.2) is 32.7 Å². The summed E-state index contributed by atoms with van der Waals surface area (Å²) < 4.78 is 19.7. The molecule has 9 heteroatoms. The molecule has 144 valence electrons. The van der Waals surface area contributed by atoms with Crippen molar-refractivity contribution in [1.29, 1.82) is 0 Å². The molecule has 3 rings (SSSR count). The van der Waals surface area contributed by atoms with Gasteiger partial charge in [0.25, 0.3) is 5.91 Å². The first kappa shape index (κ1) is 20.3. The Morgan fingerprint density at radius 3 is 2.79 bits per heavy atom. The summed E-state index contributed by atoms with van der Waals surface area (Å²) in [5.41, 5.74) is 0.914. The van der Waals surface area contributed by atoms with Crippen LogP contribution in [-0.2, 0) is 16.2 Å². The molecule has 0 saturated carbocycles. The number of carbonyl (C=O) groups is 2. The average Bonchev–Trinajstić information content (AvgIpc) is 2.89. The van der Waals surface area contributed by atoms with Gasteiger partial charge in [0.1, 0.15) is 29.0 Å². The minimum atomic E-state index is -1.14. The summed E-state index contributed by atoms with van der Waals surface area (Å²) in [7, 11) is 0. The molecule has 1 fully saturated rings. The molecular formula is C19H13ClFNO4S2. The van der Waals surface area contributed by atoms with Crippen molar-refractivity contribution in [3.8, 4) is 5.75 Å². The van der Waals surface area contributed by atoms with Gasteiger partial charge in [0.15, 0.2) is 0 Å². The molecule has 2 aromatic carbocycles. The molecule has 2 aromatic rings. The molecule has 0 unspecified atom stereocenters. The third kappa shape index (κ3) is 4.70. The van der Waals surface area contributed by atoms with Crippen LogP contribution in [0, 0.1) is 5.82 Å². The molecule has 0 atom stereocenters. The minimum absolute atomic E-state index is 0.0459. The lowest BCUT2D eigenvalue weighted by Crippen LogP contribution is -2.33. The van der Waals surface area contributed by atoms with Crippen LogP contribution in [0.25, 0.3) is 6.08 Å². The summed E-state index contributed by atoms with van der Waals surface area (Å²) in [6.45, 7) is -0.524. The van der Waals surface area contributed by atoms with Gasteiger partial charge in [0, 0.05) is 5.56 Å². The van der Waals surface area contributed by atoms with E-state index in [1.54, 1.807) is 36.4 Å². The van der Waals surface area contributed by atoms with E-state index < -0.39 is 24.2 Å². The Kier molecular flexibility index (Phi) is 6.33.